The summed E-state index contributed by atoms with van der Waals surface area (Å²) in [6, 6.07) is -0.306. The Labute approximate surface area is 103 Å². The van der Waals surface area contributed by atoms with Gasteiger partial charge in [0.15, 0.2) is 9.84 Å². The molecular weight excluding hydrogens is 240 g/mol. The molecule has 2 rings (SSSR count). The Kier molecular flexibility index (Phi) is 4.07. The second kappa shape index (κ2) is 5.22. The van der Waals surface area contributed by atoms with Gasteiger partial charge in [-0.05, 0) is 26.3 Å². The van der Waals surface area contributed by atoms with Crippen LogP contribution in [0, 0.1) is 0 Å². The SMILES string of the molecule is CN(CC1CCCCO1)C1CS(=O)(=O)CC1N. The summed E-state index contributed by atoms with van der Waals surface area (Å²) in [5.41, 5.74) is 5.90. The van der Waals surface area contributed by atoms with Crippen LogP contribution in [0.4, 0.5) is 0 Å². The fraction of sp³-hybridized carbons (Fsp3) is 1.00. The molecule has 2 N–H and O–H groups in total. The summed E-state index contributed by atoms with van der Waals surface area (Å²) in [4.78, 5) is 2.06. The molecule has 2 aliphatic heterocycles. The minimum Gasteiger partial charge on any atom is -0.377 e. The molecule has 0 aromatic rings. The molecule has 0 aliphatic carbocycles. The lowest BCUT2D eigenvalue weighted by molar-refractivity contribution is -0.00740. The first-order valence-corrected chi connectivity index (χ1v) is 8.08. The Morgan fingerprint density at radius 3 is 2.65 bits per heavy atom. The molecule has 0 aromatic carbocycles. The minimum absolute atomic E-state index is 0.0504. The Hall–Kier alpha value is -0.170. The van der Waals surface area contributed by atoms with Crippen molar-refractivity contribution in [2.24, 2.45) is 5.73 Å². The fourth-order valence-corrected chi connectivity index (χ4v) is 4.68. The Morgan fingerprint density at radius 1 is 1.35 bits per heavy atom. The van der Waals surface area contributed by atoms with E-state index in [1.165, 1.54) is 6.42 Å². The van der Waals surface area contributed by atoms with Crippen molar-refractivity contribution in [3.05, 3.63) is 0 Å². The first-order valence-electron chi connectivity index (χ1n) is 6.26. The summed E-state index contributed by atoms with van der Waals surface area (Å²) in [7, 11) is -0.990. The molecule has 3 unspecified atom stereocenters. The zero-order valence-corrected chi connectivity index (χ0v) is 11.2. The van der Waals surface area contributed by atoms with Crippen LogP contribution in [-0.2, 0) is 14.6 Å². The second-order valence-corrected chi connectivity index (χ2v) is 7.39. The van der Waals surface area contributed by atoms with Crippen LogP contribution in [0.1, 0.15) is 19.3 Å². The van der Waals surface area contributed by atoms with Crippen LogP contribution in [0.3, 0.4) is 0 Å². The van der Waals surface area contributed by atoms with Crippen LogP contribution in [0.25, 0.3) is 0 Å². The molecule has 2 fully saturated rings. The normalized spacial score (nSPS) is 37.5. The number of hydrogen-bond acceptors (Lipinski definition) is 5. The number of ether oxygens (including phenoxy) is 1. The molecule has 0 amide bonds. The lowest BCUT2D eigenvalue weighted by atomic mass is 10.1. The largest absolute Gasteiger partial charge is 0.377 e. The van der Waals surface area contributed by atoms with Gasteiger partial charge in [0.25, 0.3) is 0 Å². The van der Waals surface area contributed by atoms with Crippen molar-refractivity contribution >= 4 is 9.84 Å². The topological polar surface area (TPSA) is 72.6 Å². The molecule has 0 bridgehead atoms. The van der Waals surface area contributed by atoms with E-state index in [0.717, 1.165) is 26.0 Å². The maximum Gasteiger partial charge on any atom is 0.153 e. The molecule has 0 spiro atoms. The standard InChI is InChI=1S/C11H22N2O3S/c1-13(6-9-4-2-3-5-16-9)11-8-17(14,15)7-10(11)12/h9-11H,2-8,12H2,1H3. The molecule has 2 heterocycles. The zero-order chi connectivity index (χ0) is 12.5. The van der Waals surface area contributed by atoms with Crippen molar-refractivity contribution in [2.75, 3.05) is 31.7 Å². The summed E-state index contributed by atoms with van der Waals surface area (Å²) in [6.45, 7) is 1.61. The van der Waals surface area contributed by atoms with E-state index in [1.54, 1.807) is 0 Å². The molecule has 5 nitrogen and oxygen atoms in total. The van der Waals surface area contributed by atoms with Crippen LogP contribution in [0.2, 0.25) is 0 Å². The van der Waals surface area contributed by atoms with Crippen LogP contribution in [0.15, 0.2) is 0 Å². The van der Waals surface area contributed by atoms with Crippen LogP contribution < -0.4 is 5.73 Å². The number of hydrogen-bond donors (Lipinski definition) is 1. The van der Waals surface area contributed by atoms with Gasteiger partial charge in [0.1, 0.15) is 0 Å². The van der Waals surface area contributed by atoms with Gasteiger partial charge in [0.2, 0.25) is 0 Å². The summed E-state index contributed by atoms with van der Waals surface area (Å²) in [5, 5.41) is 0. The molecular formula is C11H22N2O3S. The van der Waals surface area contributed by atoms with E-state index in [9.17, 15) is 8.42 Å². The van der Waals surface area contributed by atoms with E-state index < -0.39 is 9.84 Å². The van der Waals surface area contributed by atoms with Crippen molar-refractivity contribution < 1.29 is 13.2 Å². The highest BCUT2D eigenvalue weighted by Gasteiger charge is 2.38. The monoisotopic (exact) mass is 262 g/mol. The highest BCUT2D eigenvalue weighted by atomic mass is 32.2. The minimum atomic E-state index is -2.94. The van der Waals surface area contributed by atoms with E-state index in [1.807, 2.05) is 7.05 Å². The molecule has 100 valence electrons. The van der Waals surface area contributed by atoms with Crippen LogP contribution >= 0.6 is 0 Å². The van der Waals surface area contributed by atoms with Gasteiger partial charge in [-0.1, -0.05) is 0 Å². The first-order chi connectivity index (χ1) is 7.98. The second-order valence-electron chi connectivity index (χ2n) is 5.24. The lowest BCUT2D eigenvalue weighted by Crippen LogP contribution is -2.48. The van der Waals surface area contributed by atoms with Crippen molar-refractivity contribution in [3.63, 3.8) is 0 Å². The van der Waals surface area contributed by atoms with Gasteiger partial charge in [-0.15, -0.1) is 0 Å². The predicted octanol–water partition coefficient (Wildman–Crippen LogP) is -0.388. The van der Waals surface area contributed by atoms with Gasteiger partial charge >= 0.3 is 0 Å². The highest BCUT2D eigenvalue weighted by Crippen LogP contribution is 2.19. The summed E-state index contributed by atoms with van der Waals surface area (Å²) >= 11 is 0. The third kappa shape index (κ3) is 3.40. The molecule has 3 atom stereocenters. The van der Waals surface area contributed by atoms with Gasteiger partial charge in [0.05, 0.1) is 17.6 Å². The van der Waals surface area contributed by atoms with E-state index in [4.69, 9.17) is 10.5 Å². The number of likely N-dealkylation sites (N-methyl/N-ethyl adjacent to an activating group) is 1. The highest BCUT2D eigenvalue weighted by molar-refractivity contribution is 7.91. The molecule has 0 radical (unpaired) electrons. The fourth-order valence-electron chi connectivity index (χ4n) is 2.72. The van der Waals surface area contributed by atoms with E-state index in [0.29, 0.717) is 0 Å². The first kappa shape index (κ1) is 13.3. The maximum absolute atomic E-state index is 11.5. The number of nitrogens with two attached hydrogens (primary N) is 1. The summed E-state index contributed by atoms with van der Waals surface area (Å²) in [6.07, 6.45) is 3.65. The van der Waals surface area contributed by atoms with Crippen LogP contribution in [0.5, 0.6) is 0 Å². The van der Waals surface area contributed by atoms with Crippen molar-refractivity contribution in [1.29, 1.82) is 0 Å². The summed E-state index contributed by atoms with van der Waals surface area (Å²) in [5.74, 6) is 0.310. The Morgan fingerprint density at radius 2 is 2.12 bits per heavy atom. The Balaban J connectivity index is 1.89. The average Bonchev–Trinajstić information content (AvgIpc) is 2.54. The Bertz CT molecular complexity index is 352. The third-order valence-electron chi connectivity index (χ3n) is 3.70. The quantitative estimate of drug-likeness (QED) is 0.750. The number of nitrogens with zero attached hydrogens (tertiary/aromatic N) is 1. The third-order valence-corrected chi connectivity index (χ3v) is 5.44. The molecule has 17 heavy (non-hydrogen) atoms. The average molecular weight is 262 g/mol. The van der Waals surface area contributed by atoms with Gasteiger partial charge in [-0.2, -0.15) is 0 Å². The number of sulfone groups is 1. The smallest absolute Gasteiger partial charge is 0.153 e. The molecule has 0 saturated carbocycles. The lowest BCUT2D eigenvalue weighted by Gasteiger charge is -2.32. The zero-order valence-electron chi connectivity index (χ0n) is 10.3. The molecule has 6 heteroatoms. The predicted molar refractivity (Wildman–Crippen MR) is 66.6 cm³/mol. The van der Waals surface area contributed by atoms with Crippen molar-refractivity contribution in [2.45, 2.75) is 37.5 Å². The van der Waals surface area contributed by atoms with Gasteiger partial charge in [-0.25, -0.2) is 8.42 Å². The summed E-state index contributed by atoms with van der Waals surface area (Å²) < 4.78 is 28.7. The van der Waals surface area contributed by atoms with Gasteiger partial charge < -0.3 is 10.5 Å². The van der Waals surface area contributed by atoms with E-state index in [2.05, 4.69) is 4.90 Å². The molecule has 0 aromatic heterocycles. The van der Waals surface area contributed by atoms with Crippen molar-refractivity contribution in [1.82, 2.24) is 4.90 Å². The van der Waals surface area contributed by atoms with E-state index >= 15 is 0 Å². The van der Waals surface area contributed by atoms with Gasteiger partial charge in [-0.3, -0.25) is 4.90 Å². The number of rotatable bonds is 3. The molecule has 2 aliphatic rings. The molecule has 2 saturated heterocycles. The van der Waals surface area contributed by atoms with Gasteiger partial charge in [0, 0.05) is 25.2 Å². The van der Waals surface area contributed by atoms with E-state index in [-0.39, 0.29) is 29.7 Å². The van der Waals surface area contributed by atoms with Crippen LogP contribution in [-0.4, -0.2) is 63.2 Å². The van der Waals surface area contributed by atoms with Crippen molar-refractivity contribution in [3.8, 4) is 0 Å². The maximum atomic E-state index is 11.5.